The summed E-state index contributed by atoms with van der Waals surface area (Å²) in [6.07, 6.45) is 0.613. The summed E-state index contributed by atoms with van der Waals surface area (Å²) >= 11 is 0. The maximum absolute atomic E-state index is 12.0. The molecule has 0 atom stereocenters. The Morgan fingerprint density at radius 3 is 2.67 bits per heavy atom. The Morgan fingerprint density at radius 1 is 1.28 bits per heavy atom. The number of amides is 1. The Morgan fingerprint density at radius 2 is 2.00 bits per heavy atom. The molecule has 100 valence electrons. The second-order valence-corrected chi connectivity index (χ2v) is 5.57. The van der Waals surface area contributed by atoms with Crippen molar-refractivity contribution in [1.29, 1.82) is 0 Å². The maximum Gasteiger partial charge on any atom is 0.410 e. The summed E-state index contributed by atoms with van der Waals surface area (Å²) in [5, 5.41) is 8.15. The summed E-state index contributed by atoms with van der Waals surface area (Å²) in [4.78, 5) is 13.7. The van der Waals surface area contributed by atoms with Gasteiger partial charge in [-0.25, -0.2) is 4.79 Å². The summed E-state index contributed by atoms with van der Waals surface area (Å²) in [5.74, 6) is 1.73. The first-order chi connectivity index (χ1) is 8.37. The molecule has 0 fully saturated rings. The Labute approximate surface area is 107 Å². The summed E-state index contributed by atoms with van der Waals surface area (Å²) in [7, 11) is 0. The molecule has 2 heterocycles. The molecule has 1 amide bonds. The summed E-state index contributed by atoms with van der Waals surface area (Å²) in [6.45, 7) is 9.56. The van der Waals surface area contributed by atoms with Gasteiger partial charge < -0.3 is 14.2 Å². The fourth-order valence-electron chi connectivity index (χ4n) is 1.98. The number of carbonyl (C=O) groups excluding carboxylic acids is 1. The van der Waals surface area contributed by atoms with Gasteiger partial charge in [-0.1, -0.05) is 0 Å². The van der Waals surface area contributed by atoms with Gasteiger partial charge in [0.1, 0.15) is 11.4 Å². The highest BCUT2D eigenvalue weighted by Gasteiger charge is 2.25. The normalized spacial score (nSPS) is 16.1. The Bertz CT molecular complexity index is 447. The average Bonchev–Trinajstić information content (AvgIpc) is 2.49. The molecular formula is C12H20N4O2. The van der Waals surface area contributed by atoms with Crippen molar-refractivity contribution in [3.63, 3.8) is 0 Å². The van der Waals surface area contributed by atoms with Crippen molar-refractivity contribution in [2.75, 3.05) is 6.54 Å². The molecule has 1 aromatic rings. The van der Waals surface area contributed by atoms with Gasteiger partial charge in [0, 0.05) is 13.1 Å². The van der Waals surface area contributed by atoms with Gasteiger partial charge >= 0.3 is 6.09 Å². The zero-order chi connectivity index (χ0) is 13.3. The van der Waals surface area contributed by atoms with E-state index in [1.807, 2.05) is 27.7 Å². The first-order valence-electron chi connectivity index (χ1n) is 6.23. The molecule has 1 aliphatic rings. The van der Waals surface area contributed by atoms with E-state index in [1.165, 1.54) is 0 Å². The Kier molecular flexibility index (Phi) is 3.28. The number of rotatable bonds is 0. The van der Waals surface area contributed by atoms with Crippen LogP contribution in [0.3, 0.4) is 0 Å². The van der Waals surface area contributed by atoms with E-state index in [-0.39, 0.29) is 6.09 Å². The molecule has 0 saturated heterocycles. The van der Waals surface area contributed by atoms with Crippen LogP contribution in [0, 0.1) is 6.92 Å². The maximum atomic E-state index is 12.0. The van der Waals surface area contributed by atoms with Gasteiger partial charge in [-0.3, -0.25) is 0 Å². The van der Waals surface area contributed by atoms with E-state index < -0.39 is 5.60 Å². The van der Waals surface area contributed by atoms with E-state index in [9.17, 15) is 4.79 Å². The number of carbonyl (C=O) groups is 1. The first-order valence-corrected chi connectivity index (χ1v) is 6.23. The van der Waals surface area contributed by atoms with Crippen LogP contribution in [-0.4, -0.2) is 37.9 Å². The second-order valence-electron chi connectivity index (χ2n) is 5.57. The molecule has 0 bridgehead atoms. The summed E-state index contributed by atoms with van der Waals surface area (Å²) in [6, 6.07) is 0. The molecular weight excluding hydrogens is 232 g/mol. The molecule has 0 N–H and O–H groups in total. The lowest BCUT2D eigenvalue weighted by Crippen LogP contribution is -2.36. The van der Waals surface area contributed by atoms with Crippen LogP contribution in [0.2, 0.25) is 0 Å². The van der Waals surface area contributed by atoms with Gasteiger partial charge in [0.2, 0.25) is 0 Å². The van der Waals surface area contributed by atoms with Crippen molar-refractivity contribution >= 4 is 6.09 Å². The van der Waals surface area contributed by atoms with Crippen molar-refractivity contribution in [2.24, 2.45) is 0 Å². The van der Waals surface area contributed by atoms with Gasteiger partial charge in [0.25, 0.3) is 0 Å². The molecule has 0 radical (unpaired) electrons. The first kappa shape index (κ1) is 12.9. The van der Waals surface area contributed by atoms with Gasteiger partial charge in [-0.2, -0.15) is 0 Å². The van der Waals surface area contributed by atoms with Crippen molar-refractivity contribution < 1.29 is 9.53 Å². The predicted molar refractivity (Wildman–Crippen MR) is 66.0 cm³/mol. The van der Waals surface area contributed by atoms with Crippen molar-refractivity contribution in [1.82, 2.24) is 19.7 Å². The number of ether oxygens (including phenoxy) is 1. The average molecular weight is 252 g/mol. The molecule has 6 heteroatoms. The zero-order valence-corrected chi connectivity index (χ0v) is 11.4. The minimum absolute atomic E-state index is 0.281. The van der Waals surface area contributed by atoms with Crippen LogP contribution in [0.5, 0.6) is 0 Å². The number of fused-ring (bicyclic) bond motifs is 1. The fourth-order valence-corrected chi connectivity index (χ4v) is 1.98. The third-order valence-corrected chi connectivity index (χ3v) is 2.81. The molecule has 2 rings (SSSR count). The van der Waals surface area contributed by atoms with E-state index in [4.69, 9.17) is 4.74 Å². The third kappa shape index (κ3) is 2.80. The lowest BCUT2D eigenvalue weighted by Gasteiger charge is -2.25. The summed E-state index contributed by atoms with van der Waals surface area (Å²) in [5.41, 5.74) is -0.465. The lowest BCUT2D eigenvalue weighted by atomic mass is 10.2. The highest BCUT2D eigenvalue weighted by atomic mass is 16.6. The Balaban J connectivity index is 2.10. The highest BCUT2D eigenvalue weighted by Crippen LogP contribution is 2.16. The van der Waals surface area contributed by atoms with E-state index in [2.05, 4.69) is 14.8 Å². The van der Waals surface area contributed by atoms with Gasteiger partial charge in [-0.05, 0) is 34.1 Å². The highest BCUT2D eigenvalue weighted by molar-refractivity contribution is 5.68. The second kappa shape index (κ2) is 4.59. The quantitative estimate of drug-likeness (QED) is 0.705. The van der Waals surface area contributed by atoms with E-state index in [0.29, 0.717) is 13.1 Å². The van der Waals surface area contributed by atoms with Crippen molar-refractivity contribution in [3.05, 3.63) is 11.6 Å². The molecule has 1 aliphatic heterocycles. The number of nitrogens with zero attached hydrogens (tertiary/aromatic N) is 4. The lowest BCUT2D eigenvalue weighted by molar-refractivity contribution is 0.0234. The number of hydrogen-bond acceptors (Lipinski definition) is 4. The molecule has 0 aliphatic carbocycles. The van der Waals surface area contributed by atoms with Crippen LogP contribution in [0.1, 0.15) is 38.8 Å². The van der Waals surface area contributed by atoms with Crippen LogP contribution >= 0.6 is 0 Å². The van der Waals surface area contributed by atoms with E-state index in [1.54, 1.807) is 4.90 Å². The monoisotopic (exact) mass is 252 g/mol. The molecule has 0 unspecified atom stereocenters. The molecule has 18 heavy (non-hydrogen) atoms. The third-order valence-electron chi connectivity index (χ3n) is 2.81. The van der Waals surface area contributed by atoms with Crippen LogP contribution in [0.4, 0.5) is 4.79 Å². The molecule has 0 aromatic carbocycles. The fraction of sp³-hybridized carbons (Fsp3) is 0.750. The standard InChI is InChI=1S/C12H20N4O2/c1-9-13-14-10-8-15(6-5-7-16(9)10)11(17)18-12(2,3)4/h5-8H2,1-4H3. The number of aromatic nitrogens is 3. The van der Waals surface area contributed by atoms with Gasteiger partial charge in [0.05, 0.1) is 6.54 Å². The minimum atomic E-state index is -0.465. The largest absolute Gasteiger partial charge is 0.444 e. The number of aryl methyl sites for hydroxylation is 1. The molecule has 6 nitrogen and oxygen atoms in total. The summed E-state index contributed by atoms with van der Waals surface area (Å²) < 4.78 is 7.44. The Hall–Kier alpha value is -1.59. The molecule has 1 aromatic heterocycles. The number of hydrogen-bond donors (Lipinski definition) is 0. The van der Waals surface area contributed by atoms with E-state index in [0.717, 1.165) is 24.6 Å². The topological polar surface area (TPSA) is 60.2 Å². The molecule has 0 saturated carbocycles. The van der Waals surface area contributed by atoms with Crippen LogP contribution < -0.4 is 0 Å². The SMILES string of the molecule is Cc1nnc2n1CCCN(C(=O)OC(C)(C)C)C2. The van der Waals surface area contributed by atoms with Crippen LogP contribution in [-0.2, 0) is 17.8 Å². The van der Waals surface area contributed by atoms with E-state index >= 15 is 0 Å². The smallest absolute Gasteiger partial charge is 0.410 e. The van der Waals surface area contributed by atoms with Crippen LogP contribution in [0.25, 0.3) is 0 Å². The van der Waals surface area contributed by atoms with Crippen molar-refractivity contribution in [2.45, 2.75) is 52.8 Å². The van der Waals surface area contributed by atoms with Gasteiger partial charge in [-0.15, -0.1) is 10.2 Å². The van der Waals surface area contributed by atoms with Gasteiger partial charge in [0.15, 0.2) is 5.82 Å². The predicted octanol–water partition coefficient (Wildman–Crippen LogP) is 1.73. The zero-order valence-electron chi connectivity index (χ0n) is 11.4. The molecule has 0 spiro atoms. The van der Waals surface area contributed by atoms with Crippen molar-refractivity contribution in [3.8, 4) is 0 Å². The minimum Gasteiger partial charge on any atom is -0.444 e. The van der Waals surface area contributed by atoms with Crippen LogP contribution in [0.15, 0.2) is 0 Å².